The first-order chi connectivity index (χ1) is 4.81. The Kier molecular flexibility index (Phi) is 7.11. The van der Waals surface area contributed by atoms with Gasteiger partial charge in [-0.05, 0) is 0 Å². The Hall–Kier alpha value is -0.00130. The molecule has 0 saturated carbocycles. The molecule has 0 aromatic carbocycles. The molecule has 0 bridgehead atoms. The second-order valence-corrected chi connectivity index (χ2v) is 11.7. The average molecular weight is 259 g/mol. The van der Waals surface area contributed by atoms with Gasteiger partial charge in [0.25, 0.3) is 0 Å². The van der Waals surface area contributed by atoms with E-state index in [0.717, 1.165) is 8.87 Å². The minimum absolute atomic E-state index is 0.601. The Bertz CT molecular complexity index is 169. The summed E-state index contributed by atoms with van der Waals surface area (Å²) in [6, 6.07) is 4.15. The van der Waals surface area contributed by atoms with E-state index in [1.54, 1.807) is 0 Å². The third-order valence-corrected chi connectivity index (χ3v) is 8.38. The van der Waals surface area contributed by atoms with Crippen LogP contribution < -0.4 is 0 Å². The zero-order valence-corrected chi connectivity index (χ0v) is 9.30. The van der Waals surface area contributed by atoms with E-state index in [1.807, 2.05) is 0 Å². The van der Waals surface area contributed by atoms with Gasteiger partial charge in [-0.1, -0.05) is 0 Å². The maximum absolute atomic E-state index is 8.21. The molecule has 0 aliphatic rings. The van der Waals surface area contributed by atoms with Crippen molar-refractivity contribution in [3.05, 3.63) is 0 Å². The topological polar surface area (TPSA) is 47.6 Å². The number of nitrogens with zero attached hydrogens (tertiary/aromatic N) is 2. The van der Waals surface area contributed by atoms with Gasteiger partial charge in [0.15, 0.2) is 0 Å². The van der Waals surface area contributed by atoms with Crippen molar-refractivity contribution < 1.29 is 0 Å². The van der Waals surface area contributed by atoms with E-state index in [1.165, 1.54) is 0 Å². The van der Waals surface area contributed by atoms with Crippen LogP contribution in [0.2, 0.25) is 8.87 Å². The Morgan fingerprint density at radius 1 is 1.10 bits per heavy atom. The van der Waals surface area contributed by atoms with Crippen molar-refractivity contribution in [3.63, 3.8) is 0 Å². The SMILES string of the molecule is N#CC[CH2][Sn](=[S])[CH2]CC#N. The van der Waals surface area contributed by atoms with Crippen molar-refractivity contribution in [2.45, 2.75) is 21.7 Å². The second-order valence-electron chi connectivity index (χ2n) is 1.85. The molecule has 0 spiro atoms. The van der Waals surface area contributed by atoms with Crippen LogP contribution in [0.25, 0.3) is 0 Å². The molecule has 0 fully saturated rings. The summed E-state index contributed by atoms with van der Waals surface area (Å²) >= 11 is -1.60. The van der Waals surface area contributed by atoms with E-state index in [0.29, 0.717) is 12.8 Å². The van der Waals surface area contributed by atoms with Gasteiger partial charge in [0.2, 0.25) is 0 Å². The van der Waals surface area contributed by atoms with Crippen molar-refractivity contribution in [1.29, 1.82) is 10.5 Å². The molecule has 0 amide bonds. The predicted octanol–water partition coefficient (Wildman–Crippen LogP) is 2.00. The fourth-order valence-corrected chi connectivity index (χ4v) is 4.83. The molecular formula is C6H8N2SSn. The molecule has 0 aliphatic heterocycles. The Morgan fingerprint density at radius 2 is 1.50 bits per heavy atom. The van der Waals surface area contributed by atoms with Crippen molar-refractivity contribution >= 4 is 27.1 Å². The molecule has 4 heteroatoms. The Balaban J connectivity index is 3.30. The molecule has 10 heavy (non-hydrogen) atoms. The van der Waals surface area contributed by atoms with Gasteiger partial charge in [0.1, 0.15) is 0 Å². The summed E-state index contributed by atoms with van der Waals surface area (Å²) in [6.07, 6.45) is 1.20. The monoisotopic (exact) mass is 260 g/mol. The van der Waals surface area contributed by atoms with Crippen molar-refractivity contribution in [2.24, 2.45) is 0 Å². The molecular weight excluding hydrogens is 251 g/mol. The zero-order chi connectivity index (χ0) is 7.82. The summed E-state index contributed by atoms with van der Waals surface area (Å²) < 4.78 is 1.88. The van der Waals surface area contributed by atoms with E-state index in [2.05, 4.69) is 12.1 Å². The van der Waals surface area contributed by atoms with E-state index >= 15 is 0 Å². The third kappa shape index (κ3) is 6.12. The fourth-order valence-electron chi connectivity index (χ4n) is 0.516. The standard InChI is InChI=1S/2C3H4N.S.Sn/c2*1-2-3-4;;/h2*1-2H2;;. The van der Waals surface area contributed by atoms with Crippen molar-refractivity contribution in [3.8, 4) is 12.1 Å². The van der Waals surface area contributed by atoms with Crippen molar-refractivity contribution in [1.82, 2.24) is 0 Å². The molecule has 0 saturated heterocycles. The van der Waals surface area contributed by atoms with Crippen LogP contribution in [-0.2, 0) is 0 Å². The number of nitriles is 2. The quantitative estimate of drug-likeness (QED) is 0.725. The van der Waals surface area contributed by atoms with E-state index in [4.69, 9.17) is 19.8 Å². The summed E-state index contributed by atoms with van der Waals surface area (Å²) in [5.41, 5.74) is 0. The number of rotatable bonds is 4. The molecule has 0 N–H and O–H groups in total. The molecule has 52 valence electrons. The molecule has 2 nitrogen and oxygen atoms in total. The molecule has 0 aromatic rings. The first-order valence-corrected chi connectivity index (χ1v) is 11.0. The summed E-state index contributed by atoms with van der Waals surface area (Å²) in [5.74, 6) is 0. The van der Waals surface area contributed by atoms with Crippen LogP contribution in [0, 0.1) is 22.7 Å². The molecule has 0 unspecified atom stereocenters. The first-order valence-electron chi connectivity index (χ1n) is 3.07. The van der Waals surface area contributed by atoms with Gasteiger partial charge < -0.3 is 0 Å². The van der Waals surface area contributed by atoms with Crippen LogP contribution in [0.5, 0.6) is 0 Å². The van der Waals surface area contributed by atoms with Gasteiger partial charge in [0, 0.05) is 0 Å². The van der Waals surface area contributed by atoms with Gasteiger partial charge >= 0.3 is 71.5 Å². The van der Waals surface area contributed by atoms with Crippen LogP contribution in [0.4, 0.5) is 0 Å². The van der Waals surface area contributed by atoms with Crippen LogP contribution in [0.15, 0.2) is 0 Å². The van der Waals surface area contributed by atoms with Gasteiger partial charge in [-0.25, -0.2) is 0 Å². The van der Waals surface area contributed by atoms with Crippen LogP contribution >= 0.6 is 9.29 Å². The van der Waals surface area contributed by atoms with Crippen molar-refractivity contribution in [2.75, 3.05) is 0 Å². The Morgan fingerprint density at radius 3 is 1.80 bits per heavy atom. The first kappa shape index (κ1) is 10.00. The van der Waals surface area contributed by atoms with E-state index in [-0.39, 0.29) is 0 Å². The third-order valence-electron chi connectivity index (χ3n) is 1.03. The van der Waals surface area contributed by atoms with Gasteiger partial charge in [-0.3, -0.25) is 0 Å². The summed E-state index contributed by atoms with van der Waals surface area (Å²) in [4.78, 5) is 0. The average Bonchev–Trinajstić information content (AvgIpc) is 1.97. The van der Waals surface area contributed by atoms with Gasteiger partial charge in [0.05, 0.1) is 0 Å². The molecule has 0 heterocycles. The van der Waals surface area contributed by atoms with Gasteiger partial charge in [-0.15, -0.1) is 0 Å². The summed E-state index contributed by atoms with van der Waals surface area (Å²) in [5, 5.41) is 16.4. The molecule has 0 aliphatic carbocycles. The summed E-state index contributed by atoms with van der Waals surface area (Å²) in [7, 11) is 5.16. The fraction of sp³-hybridized carbons (Fsp3) is 0.667. The molecule has 0 aromatic heterocycles. The van der Waals surface area contributed by atoms with Crippen LogP contribution in [0.1, 0.15) is 12.8 Å². The molecule has 0 atom stereocenters. The second kappa shape index (κ2) is 7.11. The number of hydrogen-bond acceptors (Lipinski definition) is 3. The molecule has 0 rings (SSSR count). The number of hydrogen-bond donors (Lipinski definition) is 0. The minimum atomic E-state index is -1.60. The zero-order valence-electron chi connectivity index (χ0n) is 5.63. The normalized spacial score (nSPS) is 7.80. The summed E-state index contributed by atoms with van der Waals surface area (Å²) in [6.45, 7) is 0. The van der Waals surface area contributed by atoms with Crippen LogP contribution in [0.3, 0.4) is 0 Å². The van der Waals surface area contributed by atoms with Gasteiger partial charge in [-0.2, -0.15) is 0 Å². The predicted molar refractivity (Wildman–Crippen MR) is 43.4 cm³/mol. The molecule has 0 radical (unpaired) electrons. The van der Waals surface area contributed by atoms with E-state index in [9.17, 15) is 0 Å². The maximum atomic E-state index is 8.21. The van der Waals surface area contributed by atoms with Crippen LogP contribution in [-0.4, -0.2) is 17.8 Å². The van der Waals surface area contributed by atoms with E-state index < -0.39 is 17.8 Å². The Labute approximate surface area is 71.4 Å².